The molecule has 0 spiro atoms. The highest BCUT2D eigenvalue weighted by molar-refractivity contribution is 6.05. The molecule has 0 aliphatic rings. The van der Waals surface area contributed by atoms with Gasteiger partial charge in [-0.2, -0.15) is 0 Å². The fourth-order valence-electron chi connectivity index (χ4n) is 3.65. The van der Waals surface area contributed by atoms with Crippen LogP contribution in [0.5, 0.6) is 11.5 Å². The van der Waals surface area contributed by atoms with Crippen molar-refractivity contribution in [2.45, 2.75) is 6.42 Å². The molecular weight excluding hydrogens is 444 g/mol. The lowest BCUT2D eigenvalue weighted by Gasteiger charge is -2.11. The molecule has 4 aromatic rings. The summed E-state index contributed by atoms with van der Waals surface area (Å²) in [5.41, 5.74) is 3.55. The number of carbonyl (C=O) groups excluding carboxylic acids is 2. The minimum atomic E-state index is -0.580. The highest BCUT2D eigenvalue weighted by Crippen LogP contribution is 2.26. The summed E-state index contributed by atoms with van der Waals surface area (Å²) in [5.74, 6) is 0.569. The molecule has 1 N–H and O–H groups in total. The first-order valence-corrected chi connectivity index (χ1v) is 11.2. The quantitative estimate of drug-likeness (QED) is 0.364. The summed E-state index contributed by atoms with van der Waals surface area (Å²) in [4.78, 5) is 29.9. The second-order valence-electron chi connectivity index (χ2n) is 7.82. The monoisotopic (exact) mass is 470 g/mol. The van der Waals surface area contributed by atoms with Crippen molar-refractivity contribution in [3.8, 4) is 22.8 Å². The summed E-state index contributed by atoms with van der Waals surface area (Å²) in [6.45, 7) is 0.0679. The molecule has 35 heavy (non-hydrogen) atoms. The van der Waals surface area contributed by atoms with Crippen LogP contribution in [0.4, 0.5) is 0 Å². The van der Waals surface area contributed by atoms with Crippen LogP contribution in [0.1, 0.15) is 15.9 Å². The average molecular weight is 471 g/mol. The van der Waals surface area contributed by atoms with E-state index in [0.29, 0.717) is 35.1 Å². The van der Waals surface area contributed by atoms with E-state index in [1.165, 1.54) is 0 Å². The minimum Gasteiger partial charge on any atom is -0.497 e. The Kier molecular flexibility index (Phi) is 7.57. The van der Waals surface area contributed by atoms with Gasteiger partial charge in [0.25, 0.3) is 5.91 Å². The molecule has 3 aromatic carbocycles. The Hall–Kier alpha value is -4.39. The number of aromatic nitrogens is 1. The second kappa shape index (κ2) is 11.2. The molecule has 0 radical (unpaired) electrons. The molecule has 1 amide bonds. The lowest BCUT2D eigenvalue weighted by Crippen LogP contribution is -2.30. The van der Waals surface area contributed by atoms with Crippen molar-refractivity contribution >= 4 is 22.8 Å². The Labute approximate surface area is 203 Å². The fourth-order valence-corrected chi connectivity index (χ4v) is 3.65. The molecule has 1 aromatic heterocycles. The maximum atomic E-state index is 12.9. The number of rotatable bonds is 9. The number of hydrogen-bond acceptors (Lipinski definition) is 6. The number of fused-ring (bicyclic) bond motifs is 1. The normalized spacial score (nSPS) is 10.6. The highest BCUT2D eigenvalue weighted by Gasteiger charge is 2.16. The van der Waals surface area contributed by atoms with Crippen molar-refractivity contribution in [3.63, 3.8) is 0 Å². The van der Waals surface area contributed by atoms with Crippen LogP contribution in [0.15, 0.2) is 78.9 Å². The molecule has 1 heterocycles. The third-order valence-corrected chi connectivity index (χ3v) is 5.55. The van der Waals surface area contributed by atoms with E-state index >= 15 is 0 Å². The zero-order valence-electron chi connectivity index (χ0n) is 19.6. The van der Waals surface area contributed by atoms with Crippen LogP contribution in [-0.2, 0) is 16.0 Å². The molecule has 0 atom stereocenters. The second-order valence-corrected chi connectivity index (χ2v) is 7.82. The van der Waals surface area contributed by atoms with E-state index in [0.717, 1.165) is 22.6 Å². The predicted molar refractivity (Wildman–Crippen MR) is 134 cm³/mol. The van der Waals surface area contributed by atoms with Crippen LogP contribution in [-0.4, -0.2) is 44.2 Å². The topological polar surface area (TPSA) is 86.8 Å². The highest BCUT2D eigenvalue weighted by atomic mass is 16.5. The summed E-state index contributed by atoms with van der Waals surface area (Å²) >= 11 is 0. The summed E-state index contributed by atoms with van der Waals surface area (Å²) in [6.07, 6.45) is 0.657. The van der Waals surface area contributed by atoms with Gasteiger partial charge in [0.2, 0.25) is 0 Å². The molecule has 0 aliphatic heterocycles. The first-order valence-electron chi connectivity index (χ1n) is 11.2. The summed E-state index contributed by atoms with van der Waals surface area (Å²) in [6, 6.07) is 24.1. The molecule has 178 valence electrons. The van der Waals surface area contributed by atoms with Crippen LogP contribution in [0.25, 0.3) is 22.2 Å². The number of para-hydroxylation sites is 1. The summed E-state index contributed by atoms with van der Waals surface area (Å²) < 4.78 is 15.7. The van der Waals surface area contributed by atoms with Gasteiger partial charge in [-0.1, -0.05) is 30.3 Å². The Morgan fingerprint density at radius 1 is 0.857 bits per heavy atom. The van der Waals surface area contributed by atoms with Gasteiger partial charge < -0.3 is 19.5 Å². The van der Waals surface area contributed by atoms with Crippen LogP contribution >= 0.6 is 0 Å². The first kappa shape index (κ1) is 23.8. The van der Waals surface area contributed by atoms with E-state index in [2.05, 4.69) is 10.3 Å². The van der Waals surface area contributed by atoms with Crippen molar-refractivity contribution in [2.75, 3.05) is 27.4 Å². The van der Waals surface area contributed by atoms with Crippen LogP contribution in [0, 0.1) is 0 Å². The Balaban J connectivity index is 1.41. The first-order chi connectivity index (χ1) is 17.1. The molecule has 0 bridgehead atoms. The van der Waals surface area contributed by atoms with Crippen molar-refractivity contribution in [3.05, 3.63) is 90.0 Å². The molecule has 7 nitrogen and oxygen atoms in total. The predicted octanol–water partition coefficient (Wildman–Crippen LogP) is 4.43. The number of benzene rings is 3. The molecule has 0 unspecified atom stereocenters. The molecule has 0 fully saturated rings. The smallest absolute Gasteiger partial charge is 0.339 e. The van der Waals surface area contributed by atoms with Gasteiger partial charge in [0.05, 0.1) is 31.0 Å². The van der Waals surface area contributed by atoms with Crippen molar-refractivity contribution in [1.29, 1.82) is 0 Å². The third-order valence-electron chi connectivity index (χ3n) is 5.55. The number of hydrogen-bond donors (Lipinski definition) is 1. The van der Waals surface area contributed by atoms with E-state index in [9.17, 15) is 9.59 Å². The number of carbonyl (C=O) groups is 2. The lowest BCUT2D eigenvalue weighted by atomic mass is 10.0. The Morgan fingerprint density at radius 3 is 2.20 bits per heavy atom. The van der Waals surface area contributed by atoms with E-state index < -0.39 is 5.97 Å². The molecule has 4 rings (SSSR count). The van der Waals surface area contributed by atoms with E-state index in [1.807, 2.05) is 72.8 Å². The fraction of sp³-hybridized carbons (Fsp3) is 0.179. The molecule has 7 heteroatoms. The SMILES string of the molecule is COc1ccc(CCNC(=O)COC(=O)c2cc(-c3ccc(OC)cc3)nc3ccccc23)cc1. The number of methoxy groups -OCH3 is 2. The Morgan fingerprint density at radius 2 is 1.51 bits per heavy atom. The zero-order valence-corrected chi connectivity index (χ0v) is 19.6. The van der Waals surface area contributed by atoms with Gasteiger partial charge in [0, 0.05) is 17.5 Å². The standard InChI is InChI=1S/C28H26N2O5/c1-33-21-11-7-19(8-12-21)15-16-29-27(31)18-35-28(32)24-17-26(20-9-13-22(34-2)14-10-20)30-25-6-4-3-5-23(24)25/h3-14,17H,15-16,18H2,1-2H3,(H,29,31). The van der Waals surface area contributed by atoms with Crippen molar-refractivity contribution in [1.82, 2.24) is 10.3 Å². The average Bonchev–Trinajstić information content (AvgIpc) is 2.91. The molecular formula is C28H26N2O5. The zero-order chi connectivity index (χ0) is 24.6. The van der Waals surface area contributed by atoms with Gasteiger partial charge in [-0.15, -0.1) is 0 Å². The third kappa shape index (κ3) is 5.95. The van der Waals surface area contributed by atoms with Gasteiger partial charge >= 0.3 is 5.97 Å². The van der Waals surface area contributed by atoms with Crippen LogP contribution in [0.2, 0.25) is 0 Å². The molecule has 0 aliphatic carbocycles. The minimum absolute atomic E-state index is 0.354. The number of nitrogens with zero attached hydrogens (tertiary/aromatic N) is 1. The van der Waals surface area contributed by atoms with Crippen LogP contribution in [0.3, 0.4) is 0 Å². The summed E-state index contributed by atoms with van der Waals surface area (Å²) in [5, 5.41) is 3.44. The van der Waals surface area contributed by atoms with E-state index in [1.54, 1.807) is 20.3 Å². The number of ether oxygens (including phenoxy) is 3. The van der Waals surface area contributed by atoms with Crippen molar-refractivity contribution < 1.29 is 23.8 Å². The van der Waals surface area contributed by atoms with Gasteiger partial charge in [0.15, 0.2) is 6.61 Å². The van der Waals surface area contributed by atoms with Crippen molar-refractivity contribution in [2.24, 2.45) is 0 Å². The lowest BCUT2D eigenvalue weighted by molar-refractivity contribution is -0.124. The van der Waals surface area contributed by atoms with Gasteiger partial charge in [0.1, 0.15) is 11.5 Å². The number of esters is 1. The number of amides is 1. The van der Waals surface area contributed by atoms with Gasteiger partial charge in [-0.05, 0) is 60.5 Å². The maximum absolute atomic E-state index is 12.9. The van der Waals surface area contributed by atoms with E-state index in [-0.39, 0.29) is 12.5 Å². The molecule has 0 saturated carbocycles. The molecule has 0 saturated heterocycles. The maximum Gasteiger partial charge on any atom is 0.339 e. The largest absolute Gasteiger partial charge is 0.497 e. The Bertz CT molecular complexity index is 1320. The van der Waals surface area contributed by atoms with E-state index in [4.69, 9.17) is 14.2 Å². The summed E-state index contributed by atoms with van der Waals surface area (Å²) in [7, 11) is 3.22. The van der Waals surface area contributed by atoms with Crippen LogP contribution < -0.4 is 14.8 Å². The van der Waals surface area contributed by atoms with Gasteiger partial charge in [-0.3, -0.25) is 4.79 Å². The number of nitrogens with one attached hydrogen (secondary N) is 1. The number of pyridine rings is 1. The van der Waals surface area contributed by atoms with Gasteiger partial charge in [-0.25, -0.2) is 9.78 Å².